The monoisotopic (exact) mass is 433 g/mol. The molecule has 0 fully saturated rings. The van der Waals surface area contributed by atoms with E-state index in [1.807, 2.05) is 0 Å². The Bertz CT molecular complexity index is 870. The summed E-state index contributed by atoms with van der Waals surface area (Å²) in [4.78, 5) is 39.7. The predicted molar refractivity (Wildman–Crippen MR) is 114 cm³/mol. The first kappa shape index (κ1) is 24.4. The van der Waals surface area contributed by atoms with Crippen LogP contribution in [0, 0.1) is 0 Å². The topological polar surface area (TPSA) is 102 Å². The number of hydrogen-bond donors (Lipinski definition) is 1. The van der Waals surface area contributed by atoms with Crippen LogP contribution in [0.3, 0.4) is 0 Å². The summed E-state index contributed by atoms with van der Waals surface area (Å²) in [5.74, 6) is -1.75. The van der Waals surface area contributed by atoms with Gasteiger partial charge in [-0.3, -0.25) is 9.69 Å². The van der Waals surface area contributed by atoms with Gasteiger partial charge >= 0.3 is 12.1 Å². The third-order valence-electron chi connectivity index (χ3n) is 4.54. The minimum absolute atomic E-state index is 0.00259. The molecule has 8 heteroatoms. The fourth-order valence-electron chi connectivity index (χ4n) is 3.29. The summed E-state index contributed by atoms with van der Waals surface area (Å²) >= 11 is 0. The van der Waals surface area contributed by atoms with Crippen LogP contribution in [0.25, 0.3) is 5.57 Å². The zero-order chi connectivity index (χ0) is 23.6. The first-order chi connectivity index (χ1) is 14.3. The number of likely N-dealkylation sites (N-methyl/N-ethyl adjacent to an activating group) is 1. The van der Waals surface area contributed by atoms with E-state index in [0.717, 1.165) is 4.90 Å². The van der Waals surface area contributed by atoms with Crippen molar-refractivity contribution in [3.05, 3.63) is 41.7 Å². The van der Waals surface area contributed by atoms with Crippen molar-refractivity contribution in [3.8, 4) is 0 Å². The van der Waals surface area contributed by atoms with Gasteiger partial charge in [-0.25, -0.2) is 9.59 Å². The summed E-state index contributed by atoms with van der Waals surface area (Å²) < 4.78 is 16.2. The highest BCUT2D eigenvalue weighted by molar-refractivity contribution is 6.35. The van der Waals surface area contributed by atoms with Gasteiger partial charge in [0.05, 0.1) is 18.3 Å². The van der Waals surface area contributed by atoms with Gasteiger partial charge in [-0.1, -0.05) is 30.3 Å². The summed E-state index contributed by atoms with van der Waals surface area (Å²) in [5.41, 5.74) is -2.56. The maximum absolute atomic E-state index is 13.3. The van der Waals surface area contributed by atoms with Gasteiger partial charge < -0.3 is 19.3 Å². The molecule has 1 aromatic rings. The predicted octanol–water partition coefficient (Wildman–Crippen LogP) is 2.94. The number of ether oxygens (including phenoxy) is 3. The molecule has 8 nitrogen and oxygen atoms in total. The highest BCUT2D eigenvalue weighted by atomic mass is 16.6. The van der Waals surface area contributed by atoms with Gasteiger partial charge in [-0.05, 0) is 47.1 Å². The van der Waals surface area contributed by atoms with Crippen molar-refractivity contribution in [2.75, 3.05) is 13.7 Å². The van der Waals surface area contributed by atoms with Gasteiger partial charge in [0, 0.05) is 7.05 Å². The van der Waals surface area contributed by atoms with Crippen molar-refractivity contribution in [1.82, 2.24) is 4.90 Å². The Kier molecular flexibility index (Phi) is 7.16. The smallest absolute Gasteiger partial charge is 0.410 e. The molecular weight excluding hydrogens is 402 g/mol. The lowest BCUT2D eigenvalue weighted by atomic mass is 9.70. The molecule has 0 unspecified atom stereocenters. The zero-order valence-electron chi connectivity index (χ0n) is 19.1. The van der Waals surface area contributed by atoms with Crippen molar-refractivity contribution in [1.29, 1.82) is 0 Å². The average Bonchev–Trinajstić information content (AvgIpc) is 2.67. The summed E-state index contributed by atoms with van der Waals surface area (Å²) in [6.45, 7) is 10.1. The van der Waals surface area contributed by atoms with Crippen molar-refractivity contribution in [2.24, 2.45) is 0 Å². The Morgan fingerprint density at radius 1 is 1.16 bits per heavy atom. The van der Waals surface area contributed by atoms with Crippen LogP contribution in [0.15, 0.2) is 36.1 Å². The molecule has 0 aliphatic heterocycles. The fraction of sp³-hybridized carbons (Fsp3) is 0.522. The molecule has 0 heterocycles. The van der Waals surface area contributed by atoms with E-state index >= 15 is 0 Å². The minimum atomic E-state index is -2.41. The Morgan fingerprint density at radius 3 is 2.23 bits per heavy atom. The lowest BCUT2D eigenvalue weighted by Crippen LogP contribution is -2.67. The van der Waals surface area contributed by atoms with Crippen LogP contribution >= 0.6 is 0 Å². The van der Waals surface area contributed by atoms with Crippen LogP contribution in [-0.2, 0) is 23.8 Å². The number of esters is 1. The van der Waals surface area contributed by atoms with E-state index in [-0.39, 0.29) is 17.9 Å². The van der Waals surface area contributed by atoms with Gasteiger partial charge in [0.15, 0.2) is 11.8 Å². The van der Waals surface area contributed by atoms with Crippen molar-refractivity contribution < 1.29 is 33.7 Å². The molecule has 0 spiro atoms. The molecule has 1 aliphatic rings. The third-order valence-corrected chi connectivity index (χ3v) is 4.54. The number of rotatable bonds is 7. The number of carbonyl (C=O) groups is 3. The van der Waals surface area contributed by atoms with Gasteiger partial charge in [0.2, 0.25) is 11.4 Å². The molecule has 1 N–H and O–H groups in total. The van der Waals surface area contributed by atoms with Crippen LogP contribution in [0.4, 0.5) is 4.79 Å². The van der Waals surface area contributed by atoms with E-state index in [9.17, 15) is 19.5 Å². The van der Waals surface area contributed by atoms with Crippen molar-refractivity contribution in [2.45, 2.75) is 64.9 Å². The number of nitrogens with zero attached hydrogens (tertiary/aromatic N) is 1. The second-order valence-corrected chi connectivity index (χ2v) is 8.58. The molecule has 1 aliphatic carbocycles. The molecule has 0 radical (unpaired) electrons. The Morgan fingerprint density at radius 2 is 1.74 bits per heavy atom. The van der Waals surface area contributed by atoms with Crippen molar-refractivity contribution in [3.63, 3.8) is 0 Å². The second-order valence-electron chi connectivity index (χ2n) is 8.58. The zero-order valence-corrected chi connectivity index (χ0v) is 19.1. The van der Waals surface area contributed by atoms with Crippen LogP contribution in [-0.4, -0.2) is 64.9 Å². The first-order valence-corrected chi connectivity index (χ1v) is 10.2. The van der Waals surface area contributed by atoms with E-state index < -0.39 is 41.2 Å². The number of Topliss-reactive ketones (excluding diaryl/α,β-unsaturated/α-hetero) is 1. The van der Waals surface area contributed by atoms with E-state index in [4.69, 9.17) is 14.2 Å². The van der Waals surface area contributed by atoms with Gasteiger partial charge in [0.1, 0.15) is 5.60 Å². The molecule has 2 atom stereocenters. The van der Waals surface area contributed by atoms with E-state index in [1.165, 1.54) is 7.05 Å². The average molecular weight is 434 g/mol. The Hall–Kier alpha value is -2.87. The molecule has 2 rings (SSSR count). The maximum Gasteiger partial charge on any atom is 0.410 e. The van der Waals surface area contributed by atoms with Crippen LogP contribution < -0.4 is 0 Å². The van der Waals surface area contributed by atoms with Crippen LogP contribution in [0.1, 0.15) is 47.1 Å². The number of benzene rings is 1. The second kappa shape index (κ2) is 9.09. The number of aliphatic hydroxyl groups is 1. The molecule has 1 amide bonds. The normalized spacial score (nSPS) is 19.6. The van der Waals surface area contributed by atoms with Crippen molar-refractivity contribution >= 4 is 23.4 Å². The molecule has 170 valence electrons. The number of amides is 1. The number of carbonyl (C=O) groups excluding carboxylic acids is 3. The van der Waals surface area contributed by atoms with E-state index in [2.05, 4.69) is 0 Å². The highest BCUT2D eigenvalue weighted by Crippen LogP contribution is 2.46. The van der Waals surface area contributed by atoms with Crippen LogP contribution in [0.2, 0.25) is 0 Å². The number of ketones is 1. The van der Waals surface area contributed by atoms with Gasteiger partial charge in [-0.15, -0.1) is 0 Å². The Balaban J connectivity index is 2.60. The summed E-state index contributed by atoms with van der Waals surface area (Å²) in [7, 11) is 1.27. The quantitative estimate of drug-likeness (QED) is 0.660. The molecule has 31 heavy (non-hydrogen) atoms. The molecular formula is C23H31NO7. The van der Waals surface area contributed by atoms with E-state index in [0.29, 0.717) is 5.56 Å². The molecule has 0 saturated heterocycles. The molecule has 1 aromatic carbocycles. The molecule has 0 saturated carbocycles. The maximum atomic E-state index is 13.3. The molecule has 0 aromatic heterocycles. The third kappa shape index (κ3) is 4.90. The standard InChI is InChI=1S/C23H31NO7/c1-8-29-20(26)17(24(7)21(27)31-22(4,5)6)23(28)18(25)16(19(23)30-14(2)3)15-12-10-9-11-13-15/h9-14,17,28H,8H2,1-7H3/t17-,23-/m1/s1. The lowest BCUT2D eigenvalue weighted by Gasteiger charge is -2.46. The first-order valence-electron chi connectivity index (χ1n) is 10.2. The van der Waals surface area contributed by atoms with Crippen LogP contribution in [0.5, 0.6) is 0 Å². The van der Waals surface area contributed by atoms with Gasteiger partial charge in [0.25, 0.3) is 0 Å². The minimum Gasteiger partial charge on any atom is -0.491 e. The van der Waals surface area contributed by atoms with Gasteiger partial charge in [-0.2, -0.15) is 0 Å². The van der Waals surface area contributed by atoms with E-state index in [1.54, 1.807) is 71.9 Å². The largest absolute Gasteiger partial charge is 0.491 e. The fourth-order valence-corrected chi connectivity index (χ4v) is 3.29. The lowest BCUT2D eigenvalue weighted by molar-refractivity contribution is -0.168. The summed E-state index contributed by atoms with van der Waals surface area (Å²) in [5, 5.41) is 11.5. The Labute approximate surface area is 182 Å². The highest BCUT2D eigenvalue weighted by Gasteiger charge is 2.65. The SMILES string of the molecule is CCOC(=O)[C@@H](N(C)C(=O)OC(C)(C)C)[C@@]1(O)C(=O)C(c2ccccc2)=C1OC(C)C. The summed E-state index contributed by atoms with van der Waals surface area (Å²) in [6, 6.07) is 7.00. The molecule has 0 bridgehead atoms. The number of hydrogen-bond acceptors (Lipinski definition) is 7. The summed E-state index contributed by atoms with van der Waals surface area (Å²) in [6.07, 6.45) is -1.29.